The number of nitrogens with one attached hydrogen (secondary N) is 1. The molecule has 0 atom stereocenters. The molecule has 0 aliphatic carbocycles. The highest BCUT2D eigenvalue weighted by atomic mass is 35.5. The first-order valence-corrected chi connectivity index (χ1v) is 7.32. The fourth-order valence-electron chi connectivity index (χ4n) is 1.33. The Kier molecular flexibility index (Phi) is 5.05. The average Bonchev–Trinajstić information content (AvgIpc) is 2.39. The largest absolute Gasteiger partial charge is 0.383 e. The van der Waals surface area contributed by atoms with Crippen molar-refractivity contribution in [3.63, 3.8) is 0 Å². The Morgan fingerprint density at radius 3 is 2.52 bits per heavy atom. The number of nitrogens with two attached hydrogens (primary N) is 2. The molecule has 0 radical (unpaired) electrons. The number of rotatable bonds is 4. The normalized spacial score (nSPS) is 10.4. The number of thioether (sulfide) groups is 1. The van der Waals surface area contributed by atoms with Gasteiger partial charge in [-0.3, -0.25) is 4.79 Å². The van der Waals surface area contributed by atoms with Crippen LogP contribution in [0.5, 0.6) is 0 Å². The van der Waals surface area contributed by atoms with Crippen molar-refractivity contribution in [1.82, 2.24) is 15.0 Å². The number of carbonyl (C=O) groups excluding carboxylic acids is 1. The maximum Gasteiger partial charge on any atom is 0.236 e. The van der Waals surface area contributed by atoms with E-state index in [2.05, 4.69) is 20.3 Å². The van der Waals surface area contributed by atoms with E-state index in [0.29, 0.717) is 10.2 Å². The number of halogens is 2. The fourth-order valence-corrected chi connectivity index (χ4v) is 2.43. The number of aromatic nitrogens is 3. The van der Waals surface area contributed by atoms with Gasteiger partial charge in [-0.2, -0.15) is 0 Å². The molecule has 0 saturated carbocycles. The van der Waals surface area contributed by atoms with Crippen LogP contribution in [0.3, 0.4) is 0 Å². The molecule has 2 aromatic rings. The van der Waals surface area contributed by atoms with Gasteiger partial charge in [-0.25, -0.2) is 15.0 Å². The van der Waals surface area contributed by atoms with Crippen molar-refractivity contribution in [2.24, 2.45) is 0 Å². The number of anilines is 3. The minimum atomic E-state index is -0.318. The number of nitrogens with zero attached hydrogens (tertiary/aromatic N) is 3. The summed E-state index contributed by atoms with van der Waals surface area (Å²) in [7, 11) is 0. The molecule has 10 heteroatoms. The SMILES string of the molecule is Nc1cc(N)nc(SCC(=O)Nc2ncc(Cl)cc2Cl)n1. The molecule has 0 unspecified atom stereocenters. The molecule has 0 bridgehead atoms. The standard InChI is InChI=1S/C11H10Cl2N6OS/c12-5-1-6(13)10(16-3-5)19-9(20)4-21-11-17-7(14)2-8(15)18-11/h1-3H,4H2,(H,16,19,20)(H4,14,15,17,18). The lowest BCUT2D eigenvalue weighted by molar-refractivity contribution is -0.113. The van der Waals surface area contributed by atoms with Gasteiger partial charge >= 0.3 is 0 Å². The van der Waals surface area contributed by atoms with E-state index in [9.17, 15) is 4.79 Å². The van der Waals surface area contributed by atoms with Crippen LogP contribution >= 0.6 is 35.0 Å². The third kappa shape index (κ3) is 4.62. The van der Waals surface area contributed by atoms with Gasteiger partial charge in [0.1, 0.15) is 11.6 Å². The zero-order valence-electron chi connectivity index (χ0n) is 10.5. The highest BCUT2D eigenvalue weighted by molar-refractivity contribution is 7.99. The zero-order chi connectivity index (χ0) is 15.4. The Hall–Kier alpha value is -1.77. The minimum Gasteiger partial charge on any atom is -0.383 e. The van der Waals surface area contributed by atoms with Gasteiger partial charge in [-0.15, -0.1) is 0 Å². The van der Waals surface area contributed by atoms with Gasteiger partial charge in [-0.1, -0.05) is 35.0 Å². The van der Waals surface area contributed by atoms with E-state index in [1.54, 1.807) is 0 Å². The molecule has 0 fully saturated rings. The third-order valence-electron chi connectivity index (χ3n) is 2.14. The molecule has 21 heavy (non-hydrogen) atoms. The molecule has 1 amide bonds. The second-order valence-corrected chi connectivity index (χ2v) is 5.61. The lowest BCUT2D eigenvalue weighted by atomic mass is 10.4. The van der Waals surface area contributed by atoms with Crippen LogP contribution in [-0.2, 0) is 4.79 Å². The topological polar surface area (TPSA) is 120 Å². The summed E-state index contributed by atoms with van der Waals surface area (Å²) in [4.78, 5) is 23.6. The van der Waals surface area contributed by atoms with Crippen molar-refractivity contribution in [1.29, 1.82) is 0 Å². The number of pyridine rings is 1. The molecule has 2 heterocycles. The molecular formula is C11H10Cl2N6OS. The molecule has 0 saturated heterocycles. The highest BCUT2D eigenvalue weighted by Crippen LogP contribution is 2.23. The molecule has 2 rings (SSSR count). The van der Waals surface area contributed by atoms with Crippen molar-refractivity contribution in [3.8, 4) is 0 Å². The van der Waals surface area contributed by atoms with Crippen LogP contribution in [0.4, 0.5) is 17.5 Å². The van der Waals surface area contributed by atoms with Gasteiger partial charge in [0.25, 0.3) is 0 Å². The maximum absolute atomic E-state index is 11.8. The van der Waals surface area contributed by atoms with E-state index in [1.807, 2.05) is 0 Å². The van der Waals surface area contributed by atoms with E-state index in [-0.39, 0.29) is 34.1 Å². The van der Waals surface area contributed by atoms with Crippen LogP contribution in [0, 0.1) is 0 Å². The smallest absolute Gasteiger partial charge is 0.236 e. The molecular weight excluding hydrogens is 335 g/mol. The number of hydrogen-bond donors (Lipinski definition) is 3. The molecule has 110 valence electrons. The van der Waals surface area contributed by atoms with Gasteiger partial charge in [-0.05, 0) is 6.07 Å². The number of carbonyl (C=O) groups is 1. The van der Waals surface area contributed by atoms with E-state index in [0.717, 1.165) is 11.8 Å². The van der Waals surface area contributed by atoms with Crippen LogP contribution < -0.4 is 16.8 Å². The summed E-state index contributed by atoms with van der Waals surface area (Å²) in [6.07, 6.45) is 1.39. The Bertz CT molecular complexity index is 664. The van der Waals surface area contributed by atoms with Crippen LogP contribution in [0.1, 0.15) is 0 Å². The Balaban J connectivity index is 1.95. The van der Waals surface area contributed by atoms with Gasteiger partial charge < -0.3 is 16.8 Å². The first kappa shape index (κ1) is 15.6. The van der Waals surface area contributed by atoms with Gasteiger partial charge in [0.2, 0.25) is 5.91 Å². The van der Waals surface area contributed by atoms with Crippen molar-refractivity contribution in [2.75, 3.05) is 22.5 Å². The van der Waals surface area contributed by atoms with Crippen LogP contribution in [-0.4, -0.2) is 26.6 Å². The van der Waals surface area contributed by atoms with Crippen molar-refractivity contribution >= 4 is 58.3 Å². The quantitative estimate of drug-likeness (QED) is 0.573. The Labute approximate surface area is 134 Å². The summed E-state index contributed by atoms with van der Waals surface area (Å²) in [6, 6.07) is 2.92. The monoisotopic (exact) mass is 344 g/mol. The molecule has 0 aliphatic rings. The fraction of sp³-hybridized carbons (Fsp3) is 0.0909. The summed E-state index contributed by atoms with van der Waals surface area (Å²) >= 11 is 12.7. The predicted molar refractivity (Wildman–Crippen MR) is 84.5 cm³/mol. The second kappa shape index (κ2) is 6.79. The lowest BCUT2D eigenvalue weighted by Crippen LogP contribution is -2.15. The van der Waals surface area contributed by atoms with E-state index >= 15 is 0 Å². The average molecular weight is 345 g/mol. The van der Waals surface area contributed by atoms with Crippen molar-refractivity contribution in [3.05, 3.63) is 28.4 Å². The van der Waals surface area contributed by atoms with E-state index < -0.39 is 0 Å². The minimum absolute atomic E-state index is 0.0591. The molecule has 0 aromatic carbocycles. The summed E-state index contributed by atoms with van der Waals surface area (Å²) in [5.41, 5.74) is 11.1. The summed E-state index contributed by atoms with van der Waals surface area (Å²) in [5.74, 6) is 0.463. The van der Waals surface area contributed by atoms with Crippen molar-refractivity contribution < 1.29 is 4.79 Å². The summed E-state index contributed by atoms with van der Waals surface area (Å²) in [5, 5.41) is 3.51. The van der Waals surface area contributed by atoms with Gasteiger partial charge in [0.15, 0.2) is 11.0 Å². The highest BCUT2D eigenvalue weighted by Gasteiger charge is 2.10. The number of hydrogen-bond acceptors (Lipinski definition) is 7. The van der Waals surface area contributed by atoms with Crippen molar-refractivity contribution in [2.45, 2.75) is 5.16 Å². The molecule has 0 aliphatic heterocycles. The van der Waals surface area contributed by atoms with E-state index in [4.69, 9.17) is 34.7 Å². The summed E-state index contributed by atoms with van der Waals surface area (Å²) < 4.78 is 0. The second-order valence-electron chi connectivity index (χ2n) is 3.82. The molecule has 0 spiro atoms. The number of nitrogen functional groups attached to an aromatic ring is 2. The first-order valence-electron chi connectivity index (χ1n) is 5.58. The Morgan fingerprint density at radius 1 is 1.24 bits per heavy atom. The summed E-state index contributed by atoms with van der Waals surface area (Å²) in [6.45, 7) is 0. The van der Waals surface area contributed by atoms with Gasteiger partial charge in [0.05, 0.1) is 15.8 Å². The van der Waals surface area contributed by atoms with Gasteiger partial charge in [0, 0.05) is 12.3 Å². The zero-order valence-corrected chi connectivity index (χ0v) is 12.8. The van der Waals surface area contributed by atoms with Crippen LogP contribution in [0.15, 0.2) is 23.5 Å². The molecule has 2 aromatic heterocycles. The number of amides is 1. The molecule has 7 nitrogen and oxygen atoms in total. The Morgan fingerprint density at radius 2 is 1.90 bits per heavy atom. The van der Waals surface area contributed by atoms with E-state index in [1.165, 1.54) is 18.3 Å². The predicted octanol–water partition coefficient (Wildman–Crippen LogP) is 2.07. The van der Waals surface area contributed by atoms with Crippen LogP contribution in [0.25, 0.3) is 0 Å². The third-order valence-corrected chi connectivity index (χ3v) is 3.49. The first-order chi connectivity index (χ1) is 9.94. The van der Waals surface area contributed by atoms with Crippen LogP contribution in [0.2, 0.25) is 10.0 Å². The molecule has 5 N–H and O–H groups in total. The lowest BCUT2D eigenvalue weighted by Gasteiger charge is -2.06. The maximum atomic E-state index is 11.8.